The molecule has 164 valence electrons. The summed E-state index contributed by atoms with van der Waals surface area (Å²) in [5, 5.41) is 12.4. The standard InChI is InChI=1S/C25H30N2O4/c1-27(25(30)26-22-8-4-3-5-9-22)23-10-6-7-20(16-23)19-13-11-18(12-14-19)15-21(17-31-2)24(28)29/h6-7,10-16,22H,3-5,8-9,17H2,1-2H3,(H,26,30)(H,28,29)/b21-15-. The Bertz CT molecular complexity index is 931. The maximum absolute atomic E-state index is 12.7. The molecule has 2 aromatic carbocycles. The van der Waals surface area contributed by atoms with Crippen molar-refractivity contribution in [3.63, 3.8) is 0 Å². The predicted octanol–water partition coefficient (Wildman–Crippen LogP) is 4.95. The van der Waals surface area contributed by atoms with E-state index in [4.69, 9.17) is 4.74 Å². The predicted molar refractivity (Wildman–Crippen MR) is 123 cm³/mol. The van der Waals surface area contributed by atoms with Crippen LogP contribution in [0.25, 0.3) is 17.2 Å². The zero-order valence-electron chi connectivity index (χ0n) is 18.1. The lowest BCUT2D eigenvalue weighted by atomic mass is 9.96. The molecule has 0 saturated heterocycles. The van der Waals surface area contributed by atoms with E-state index < -0.39 is 5.97 Å². The van der Waals surface area contributed by atoms with E-state index in [1.54, 1.807) is 18.0 Å². The van der Waals surface area contributed by atoms with E-state index in [0.717, 1.165) is 35.2 Å². The first-order valence-corrected chi connectivity index (χ1v) is 10.7. The molecule has 1 saturated carbocycles. The lowest BCUT2D eigenvalue weighted by molar-refractivity contribution is -0.133. The Kier molecular flexibility index (Phi) is 7.84. The average Bonchev–Trinajstić information content (AvgIpc) is 2.79. The third-order valence-corrected chi connectivity index (χ3v) is 5.63. The lowest BCUT2D eigenvalue weighted by Gasteiger charge is -2.26. The molecule has 0 unspecified atom stereocenters. The number of carbonyl (C=O) groups is 2. The van der Waals surface area contributed by atoms with Gasteiger partial charge >= 0.3 is 12.0 Å². The number of ether oxygens (including phenoxy) is 1. The van der Waals surface area contributed by atoms with Gasteiger partial charge in [-0.25, -0.2) is 9.59 Å². The summed E-state index contributed by atoms with van der Waals surface area (Å²) in [6, 6.07) is 15.7. The maximum atomic E-state index is 12.7. The van der Waals surface area contributed by atoms with Crippen molar-refractivity contribution in [2.45, 2.75) is 38.1 Å². The second-order valence-corrected chi connectivity index (χ2v) is 7.92. The van der Waals surface area contributed by atoms with Gasteiger partial charge in [0.25, 0.3) is 0 Å². The van der Waals surface area contributed by atoms with E-state index >= 15 is 0 Å². The highest BCUT2D eigenvalue weighted by atomic mass is 16.5. The molecule has 0 heterocycles. The summed E-state index contributed by atoms with van der Waals surface area (Å²) >= 11 is 0. The van der Waals surface area contributed by atoms with Gasteiger partial charge in [0.15, 0.2) is 0 Å². The summed E-state index contributed by atoms with van der Waals surface area (Å²) in [7, 11) is 3.26. The van der Waals surface area contributed by atoms with Crippen molar-refractivity contribution < 1.29 is 19.4 Å². The van der Waals surface area contributed by atoms with Crippen molar-refractivity contribution in [3.05, 3.63) is 59.7 Å². The summed E-state index contributed by atoms with van der Waals surface area (Å²) in [5.41, 5.74) is 3.79. The van der Waals surface area contributed by atoms with Gasteiger partial charge in [-0.1, -0.05) is 55.7 Å². The van der Waals surface area contributed by atoms with Crippen LogP contribution in [0, 0.1) is 0 Å². The number of carbonyl (C=O) groups excluding carboxylic acids is 1. The number of nitrogens with zero attached hydrogens (tertiary/aromatic N) is 1. The van der Waals surface area contributed by atoms with Gasteiger partial charge in [-0.15, -0.1) is 0 Å². The molecule has 1 fully saturated rings. The monoisotopic (exact) mass is 422 g/mol. The van der Waals surface area contributed by atoms with Crippen molar-refractivity contribution in [2.24, 2.45) is 0 Å². The van der Waals surface area contributed by atoms with Crippen molar-refractivity contribution >= 4 is 23.8 Å². The van der Waals surface area contributed by atoms with Crippen LogP contribution in [0.15, 0.2) is 54.1 Å². The first-order chi connectivity index (χ1) is 15.0. The SMILES string of the molecule is COC/C(=C/c1ccc(-c2cccc(N(C)C(=O)NC3CCCCC3)c2)cc1)C(=O)O. The molecule has 0 spiro atoms. The molecule has 0 aromatic heterocycles. The number of aliphatic carboxylic acids is 1. The van der Waals surface area contributed by atoms with Crippen molar-refractivity contribution in [3.8, 4) is 11.1 Å². The molecule has 0 atom stereocenters. The molecule has 6 heteroatoms. The van der Waals surface area contributed by atoms with Crippen LogP contribution in [0.1, 0.15) is 37.7 Å². The van der Waals surface area contributed by atoms with Crippen LogP contribution in [0.3, 0.4) is 0 Å². The number of carboxylic acids is 1. The number of anilines is 1. The Labute approximate surface area is 183 Å². The molecule has 2 N–H and O–H groups in total. The van der Waals surface area contributed by atoms with Crippen LogP contribution in [0.4, 0.5) is 10.5 Å². The number of rotatable bonds is 7. The van der Waals surface area contributed by atoms with Gasteiger partial charge in [-0.05, 0) is 47.7 Å². The number of nitrogens with one attached hydrogen (secondary N) is 1. The van der Waals surface area contributed by atoms with Gasteiger partial charge < -0.3 is 15.2 Å². The molecule has 1 aliphatic carbocycles. The smallest absolute Gasteiger partial charge is 0.333 e. The number of hydrogen-bond acceptors (Lipinski definition) is 3. The van der Waals surface area contributed by atoms with E-state index in [1.807, 2.05) is 48.5 Å². The topological polar surface area (TPSA) is 78.9 Å². The summed E-state index contributed by atoms with van der Waals surface area (Å²) in [6.07, 6.45) is 7.31. The number of hydrogen-bond donors (Lipinski definition) is 2. The lowest BCUT2D eigenvalue weighted by Crippen LogP contribution is -2.43. The van der Waals surface area contributed by atoms with Crippen molar-refractivity contribution in [1.29, 1.82) is 0 Å². The van der Waals surface area contributed by atoms with Gasteiger partial charge in [0.05, 0.1) is 12.2 Å². The van der Waals surface area contributed by atoms with Gasteiger partial charge in [-0.3, -0.25) is 4.90 Å². The van der Waals surface area contributed by atoms with Gasteiger partial charge in [-0.2, -0.15) is 0 Å². The Morgan fingerprint density at radius 2 is 1.81 bits per heavy atom. The second-order valence-electron chi connectivity index (χ2n) is 7.92. The van der Waals surface area contributed by atoms with E-state index in [1.165, 1.54) is 26.4 Å². The van der Waals surface area contributed by atoms with Crippen LogP contribution in [-0.4, -0.2) is 43.9 Å². The summed E-state index contributed by atoms with van der Waals surface area (Å²) in [4.78, 5) is 25.6. The van der Waals surface area contributed by atoms with E-state index in [0.29, 0.717) is 0 Å². The van der Waals surface area contributed by atoms with Crippen LogP contribution in [0.5, 0.6) is 0 Å². The Morgan fingerprint density at radius 3 is 2.45 bits per heavy atom. The highest BCUT2D eigenvalue weighted by Crippen LogP contribution is 2.26. The number of carboxylic acid groups (broad SMARTS) is 1. The largest absolute Gasteiger partial charge is 0.478 e. The van der Waals surface area contributed by atoms with Crippen LogP contribution in [0.2, 0.25) is 0 Å². The Balaban J connectivity index is 1.72. The molecule has 1 aliphatic rings. The highest BCUT2D eigenvalue weighted by Gasteiger charge is 2.19. The summed E-state index contributed by atoms with van der Waals surface area (Å²) < 4.78 is 4.95. The molecular weight excluding hydrogens is 392 g/mol. The number of methoxy groups -OCH3 is 1. The minimum atomic E-state index is -0.992. The molecule has 0 radical (unpaired) electrons. The van der Waals surface area contributed by atoms with Crippen molar-refractivity contribution in [1.82, 2.24) is 5.32 Å². The van der Waals surface area contributed by atoms with Gasteiger partial charge in [0, 0.05) is 25.9 Å². The molecule has 2 aromatic rings. The molecule has 31 heavy (non-hydrogen) atoms. The molecule has 3 rings (SSSR count). The third kappa shape index (κ3) is 6.18. The molecule has 0 bridgehead atoms. The van der Waals surface area contributed by atoms with E-state index in [9.17, 15) is 14.7 Å². The molecule has 2 amide bonds. The Hall–Kier alpha value is -3.12. The van der Waals surface area contributed by atoms with E-state index in [-0.39, 0.29) is 24.3 Å². The van der Waals surface area contributed by atoms with Crippen LogP contribution < -0.4 is 10.2 Å². The number of benzene rings is 2. The van der Waals surface area contributed by atoms with Crippen LogP contribution >= 0.6 is 0 Å². The fraction of sp³-hybridized carbons (Fsp3) is 0.360. The molecule has 0 aliphatic heterocycles. The zero-order valence-corrected chi connectivity index (χ0v) is 18.1. The van der Waals surface area contributed by atoms with Crippen LogP contribution in [-0.2, 0) is 9.53 Å². The van der Waals surface area contributed by atoms with Gasteiger partial charge in [0.2, 0.25) is 0 Å². The van der Waals surface area contributed by atoms with Gasteiger partial charge in [0.1, 0.15) is 0 Å². The minimum Gasteiger partial charge on any atom is -0.478 e. The number of amides is 2. The summed E-state index contributed by atoms with van der Waals surface area (Å²) in [5.74, 6) is -0.992. The van der Waals surface area contributed by atoms with E-state index in [2.05, 4.69) is 5.32 Å². The maximum Gasteiger partial charge on any atom is 0.333 e. The Morgan fingerprint density at radius 1 is 1.10 bits per heavy atom. The fourth-order valence-electron chi connectivity index (χ4n) is 3.82. The minimum absolute atomic E-state index is 0.0500. The highest BCUT2D eigenvalue weighted by molar-refractivity contribution is 5.93. The fourth-order valence-corrected chi connectivity index (χ4v) is 3.82. The quantitative estimate of drug-likeness (QED) is 0.619. The number of urea groups is 1. The van der Waals surface area contributed by atoms with Crippen molar-refractivity contribution in [2.75, 3.05) is 25.7 Å². The normalized spacial score (nSPS) is 14.8. The molecular formula is C25H30N2O4. The molecule has 6 nitrogen and oxygen atoms in total. The second kappa shape index (κ2) is 10.8. The third-order valence-electron chi connectivity index (χ3n) is 5.63. The zero-order chi connectivity index (χ0) is 22.2. The summed E-state index contributed by atoms with van der Waals surface area (Å²) in [6.45, 7) is 0.0500. The first-order valence-electron chi connectivity index (χ1n) is 10.7. The first kappa shape index (κ1) is 22.6. The average molecular weight is 423 g/mol.